The topological polar surface area (TPSA) is 57.2 Å². The van der Waals surface area contributed by atoms with E-state index in [1.807, 2.05) is 0 Å². The standard InChI is InChI=1S/C11H17N3O.ClH/c15-10-5-3-7-13-11(10)14-8-9-4-1-2-6-12-9;/h3,5,7,9,12,15H,1-2,4,6,8H2,(H,13,14);1H. The van der Waals surface area contributed by atoms with Crippen molar-refractivity contribution >= 4 is 18.2 Å². The average molecular weight is 244 g/mol. The summed E-state index contributed by atoms with van der Waals surface area (Å²) in [5.74, 6) is 0.790. The highest BCUT2D eigenvalue weighted by molar-refractivity contribution is 5.85. The Bertz CT molecular complexity index is 316. The van der Waals surface area contributed by atoms with Crippen LogP contribution in [0, 0.1) is 0 Å². The lowest BCUT2D eigenvalue weighted by atomic mass is 10.1. The van der Waals surface area contributed by atoms with Crippen molar-refractivity contribution in [2.24, 2.45) is 0 Å². The second kappa shape index (κ2) is 6.55. The third-order valence-electron chi connectivity index (χ3n) is 2.71. The molecule has 1 unspecified atom stereocenters. The second-order valence-corrected chi connectivity index (χ2v) is 3.90. The third kappa shape index (κ3) is 3.54. The van der Waals surface area contributed by atoms with Crippen molar-refractivity contribution in [3.8, 4) is 5.75 Å². The number of aromatic nitrogens is 1. The van der Waals surface area contributed by atoms with E-state index < -0.39 is 0 Å². The SMILES string of the molecule is Cl.Oc1cccnc1NCC1CCCCN1. The van der Waals surface area contributed by atoms with E-state index in [2.05, 4.69) is 15.6 Å². The molecule has 0 saturated carbocycles. The minimum absolute atomic E-state index is 0. The lowest BCUT2D eigenvalue weighted by molar-refractivity contribution is 0.413. The van der Waals surface area contributed by atoms with Crippen LogP contribution in [0.4, 0.5) is 5.82 Å². The fourth-order valence-corrected chi connectivity index (χ4v) is 1.85. The van der Waals surface area contributed by atoms with Crippen molar-refractivity contribution in [3.63, 3.8) is 0 Å². The number of pyridine rings is 1. The molecule has 5 heteroatoms. The number of hydrogen-bond donors (Lipinski definition) is 3. The molecule has 1 aromatic heterocycles. The molecule has 0 bridgehead atoms. The van der Waals surface area contributed by atoms with Crippen molar-refractivity contribution in [1.29, 1.82) is 0 Å². The summed E-state index contributed by atoms with van der Waals surface area (Å²) in [6, 6.07) is 3.86. The second-order valence-electron chi connectivity index (χ2n) is 3.90. The summed E-state index contributed by atoms with van der Waals surface area (Å²) < 4.78 is 0. The van der Waals surface area contributed by atoms with Gasteiger partial charge >= 0.3 is 0 Å². The number of anilines is 1. The molecule has 3 N–H and O–H groups in total. The number of rotatable bonds is 3. The van der Waals surface area contributed by atoms with E-state index in [1.54, 1.807) is 18.3 Å². The molecule has 0 radical (unpaired) electrons. The average Bonchev–Trinajstić information content (AvgIpc) is 2.29. The van der Waals surface area contributed by atoms with Gasteiger partial charge in [-0.3, -0.25) is 0 Å². The molecule has 1 atom stereocenters. The predicted molar refractivity (Wildman–Crippen MR) is 67.3 cm³/mol. The zero-order valence-corrected chi connectivity index (χ0v) is 9.96. The molecular formula is C11H18ClN3O. The van der Waals surface area contributed by atoms with Gasteiger partial charge in [0.15, 0.2) is 11.6 Å². The maximum absolute atomic E-state index is 9.49. The summed E-state index contributed by atoms with van der Waals surface area (Å²) >= 11 is 0. The van der Waals surface area contributed by atoms with Gasteiger partial charge in [0.05, 0.1) is 0 Å². The fourth-order valence-electron chi connectivity index (χ4n) is 1.85. The van der Waals surface area contributed by atoms with Crippen molar-refractivity contribution < 1.29 is 5.11 Å². The van der Waals surface area contributed by atoms with Crippen LogP contribution in [0.1, 0.15) is 19.3 Å². The van der Waals surface area contributed by atoms with E-state index in [0.717, 1.165) is 13.1 Å². The van der Waals surface area contributed by atoms with Crippen LogP contribution in [0.15, 0.2) is 18.3 Å². The Kier molecular flexibility index (Phi) is 5.35. The van der Waals surface area contributed by atoms with E-state index in [0.29, 0.717) is 11.9 Å². The first-order valence-corrected chi connectivity index (χ1v) is 5.47. The van der Waals surface area contributed by atoms with Crippen molar-refractivity contribution in [2.75, 3.05) is 18.4 Å². The van der Waals surface area contributed by atoms with Crippen LogP contribution in [0.25, 0.3) is 0 Å². The first-order valence-electron chi connectivity index (χ1n) is 5.47. The Labute approximate surface area is 102 Å². The van der Waals surface area contributed by atoms with Gasteiger partial charge in [-0.05, 0) is 31.5 Å². The number of aromatic hydroxyl groups is 1. The molecule has 0 amide bonds. The van der Waals surface area contributed by atoms with Gasteiger partial charge in [-0.15, -0.1) is 12.4 Å². The van der Waals surface area contributed by atoms with Crippen LogP contribution in [-0.2, 0) is 0 Å². The Morgan fingerprint density at radius 3 is 3.06 bits per heavy atom. The maximum Gasteiger partial charge on any atom is 0.168 e. The normalized spacial score (nSPS) is 19.9. The molecule has 1 aliphatic heterocycles. The lowest BCUT2D eigenvalue weighted by Crippen LogP contribution is -2.39. The number of piperidine rings is 1. The van der Waals surface area contributed by atoms with E-state index in [9.17, 15) is 5.11 Å². The van der Waals surface area contributed by atoms with Crippen LogP contribution in [0.2, 0.25) is 0 Å². The molecule has 1 fully saturated rings. The Balaban J connectivity index is 0.00000128. The molecule has 90 valence electrons. The van der Waals surface area contributed by atoms with Gasteiger partial charge < -0.3 is 15.7 Å². The summed E-state index contributed by atoms with van der Waals surface area (Å²) in [4.78, 5) is 4.07. The first-order chi connectivity index (χ1) is 7.36. The fraction of sp³-hybridized carbons (Fsp3) is 0.545. The molecule has 16 heavy (non-hydrogen) atoms. The van der Waals surface area contributed by atoms with Crippen molar-refractivity contribution in [3.05, 3.63) is 18.3 Å². The van der Waals surface area contributed by atoms with Gasteiger partial charge in [0.2, 0.25) is 0 Å². The van der Waals surface area contributed by atoms with Crippen LogP contribution < -0.4 is 10.6 Å². The largest absolute Gasteiger partial charge is 0.504 e. The highest BCUT2D eigenvalue weighted by atomic mass is 35.5. The summed E-state index contributed by atoms with van der Waals surface area (Å²) in [6.45, 7) is 1.92. The predicted octanol–water partition coefficient (Wildman–Crippen LogP) is 1.76. The Morgan fingerprint density at radius 2 is 2.38 bits per heavy atom. The van der Waals surface area contributed by atoms with Gasteiger partial charge in [0, 0.05) is 18.8 Å². The minimum Gasteiger partial charge on any atom is -0.504 e. The number of hydrogen-bond acceptors (Lipinski definition) is 4. The monoisotopic (exact) mass is 243 g/mol. The summed E-state index contributed by atoms with van der Waals surface area (Å²) in [7, 11) is 0. The molecule has 1 aromatic rings. The molecule has 2 heterocycles. The quantitative estimate of drug-likeness (QED) is 0.757. The number of halogens is 1. The van der Waals surface area contributed by atoms with Gasteiger partial charge in [0.1, 0.15) is 0 Å². The Hall–Kier alpha value is -1.00. The van der Waals surface area contributed by atoms with Gasteiger partial charge in [-0.25, -0.2) is 4.98 Å². The Morgan fingerprint density at radius 1 is 1.50 bits per heavy atom. The number of nitrogens with one attached hydrogen (secondary N) is 2. The third-order valence-corrected chi connectivity index (χ3v) is 2.71. The van der Waals surface area contributed by atoms with E-state index in [1.165, 1.54) is 19.3 Å². The smallest absolute Gasteiger partial charge is 0.168 e. The lowest BCUT2D eigenvalue weighted by Gasteiger charge is -2.23. The zero-order chi connectivity index (χ0) is 10.5. The molecule has 0 aromatic carbocycles. The van der Waals surface area contributed by atoms with Crippen LogP contribution in [0.3, 0.4) is 0 Å². The van der Waals surface area contributed by atoms with E-state index >= 15 is 0 Å². The highest BCUT2D eigenvalue weighted by Gasteiger charge is 2.12. The van der Waals surface area contributed by atoms with Crippen LogP contribution >= 0.6 is 12.4 Å². The summed E-state index contributed by atoms with van der Waals surface area (Å²) in [5, 5.41) is 16.1. The summed E-state index contributed by atoms with van der Waals surface area (Å²) in [6.07, 6.45) is 5.43. The van der Waals surface area contributed by atoms with Gasteiger partial charge in [0.25, 0.3) is 0 Å². The molecule has 4 nitrogen and oxygen atoms in total. The summed E-state index contributed by atoms with van der Waals surface area (Å²) in [5.41, 5.74) is 0. The van der Waals surface area contributed by atoms with Crippen molar-refractivity contribution in [2.45, 2.75) is 25.3 Å². The maximum atomic E-state index is 9.49. The van der Waals surface area contributed by atoms with E-state index in [-0.39, 0.29) is 18.2 Å². The molecule has 0 spiro atoms. The molecule has 0 aliphatic carbocycles. The van der Waals surface area contributed by atoms with Crippen molar-refractivity contribution in [1.82, 2.24) is 10.3 Å². The minimum atomic E-state index is 0. The van der Waals surface area contributed by atoms with E-state index in [4.69, 9.17) is 0 Å². The zero-order valence-electron chi connectivity index (χ0n) is 9.15. The van der Waals surface area contributed by atoms with Gasteiger partial charge in [-0.2, -0.15) is 0 Å². The molecule has 1 saturated heterocycles. The van der Waals surface area contributed by atoms with Crippen LogP contribution in [0.5, 0.6) is 5.75 Å². The highest BCUT2D eigenvalue weighted by Crippen LogP contribution is 2.18. The molecule has 1 aliphatic rings. The van der Waals surface area contributed by atoms with Crippen LogP contribution in [-0.4, -0.2) is 29.2 Å². The van der Waals surface area contributed by atoms with Gasteiger partial charge in [-0.1, -0.05) is 6.42 Å². The molecular weight excluding hydrogens is 226 g/mol. The molecule has 2 rings (SSSR count). The number of nitrogens with zero attached hydrogens (tertiary/aromatic N) is 1. The first kappa shape index (κ1) is 13.1.